The monoisotopic (exact) mass is 467 g/mol. The molecule has 2 amide bonds. The second-order valence-corrected chi connectivity index (χ2v) is 8.02. The number of rotatable bonds is 7. The molecule has 3 aromatic rings. The van der Waals surface area contributed by atoms with Gasteiger partial charge in [0.15, 0.2) is 6.10 Å². The fraction of sp³-hybridized carbons (Fsp3) is 0.200. The first-order valence-corrected chi connectivity index (χ1v) is 10.8. The van der Waals surface area contributed by atoms with Crippen LogP contribution in [-0.2, 0) is 11.4 Å². The molecule has 0 fully saturated rings. The van der Waals surface area contributed by atoms with Crippen molar-refractivity contribution in [1.82, 2.24) is 4.90 Å². The maximum atomic E-state index is 14.3. The predicted octanol–water partition coefficient (Wildman–Crippen LogP) is 5.72. The highest BCUT2D eigenvalue weighted by Gasteiger charge is 2.28. The van der Waals surface area contributed by atoms with E-state index in [0.717, 1.165) is 11.3 Å². The number of oxime groups is 1. The number of benzene rings is 3. The number of anilines is 1. The lowest BCUT2D eigenvalue weighted by molar-refractivity contribution is 0.0606. The maximum absolute atomic E-state index is 14.3. The van der Waals surface area contributed by atoms with Crippen LogP contribution in [0.3, 0.4) is 0 Å². The first-order chi connectivity index (χ1) is 16.0. The molecule has 1 heterocycles. The molecule has 0 saturated heterocycles. The van der Waals surface area contributed by atoms with Gasteiger partial charge in [-0.25, -0.2) is 9.18 Å². The number of nitrogens with zero attached hydrogens (tertiary/aromatic N) is 2. The van der Waals surface area contributed by atoms with Gasteiger partial charge < -0.3 is 19.8 Å². The van der Waals surface area contributed by atoms with Crippen LogP contribution in [-0.4, -0.2) is 36.4 Å². The van der Waals surface area contributed by atoms with Crippen molar-refractivity contribution in [1.29, 1.82) is 0 Å². The van der Waals surface area contributed by atoms with Crippen molar-refractivity contribution in [3.05, 3.63) is 94.8 Å². The molecule has 0 saturated carbocycles. The normalized spacial score (nSPS) is 14.9. The zero-order valence-electron chi connectivity index (χ0n) is 18.0. The fourth-order valence-electron chi connectivity index (χ4n) is 3.58. The third-order valence-corrected chi connectivity index (χ3v) is 5.54. The number of urea groups is 1. The predicted molar refractivity (Wildman–Crippen MR) is 126 cm³/mol. The molecule has 1 aliphatic heterocycles. The minimum atomic E-state index is -0.397. The Bertz CT molecular complexity index is 1150. The van der Waals surface area contributed by atoms with Gasteiger partial charge in [-0.15, -0.1) is 0 Å². The largest absolute Gasteiger partial charge is 0.495 e. The van der Waals surface area contributed by atoms with Gasteiger partial charge in [0.1, 0.15) is 11.6 Å². The summed E-state index contributed by atoms with van der Waals surface area (Å²) in [4.78, 5) is 20.3. The Morgan fingerprint density at radius 2 is 1.88 bits per heavy atom. The van der Waals surface area contributed by atoms with Crippen molar-refractivity contribution in [3.63, 3.8) is 0 Å². The number of carbonyl (C=O) groups is 1. The Labute approximate surface area is 196 Å². The minimum Gasteiger partial charge on any atom is -0.495 e. The van der Waals surface area contributed by atoms with Crippen molar-refractivity contribution < 1.29 is 18.8 Å². The number of halogens is 2. The molecule has 170 valence electrons. The fourth-order valence-corrected chi connectivity index (χ4v) is 3.70. The van der Waals surface area contributed by atoms with E-state index in [2.05, 4.69) is 10.5 Å². The van der Waals surface area contributed by atoms with Crippen molar-refractivity contribution in [3.8, 4) is 5.75 Å². The highest BCUT2D eigenvalue weighted by molar-refractivity contribution is 6.30. The minimum absolute atomic E-state index is 0.0732. The van der Waals surface area contributed by atoms with Crippen LogP contribution in [0.2, 0.25) is 5.02 Å². The zero-order valence-corrected chi connectivity index (χ0v) is 18.8. The molecule has 0 aliphatic carbocycles. The molecular formula is C25H23ClFN3O3. The van der Waals surface area contributed by atoms with Crippen LogP contribution in [0, 0.1) is 5.82 Å². The van der Waals surface area contributed by atoms with Crippen molar-refractivity contribution in [2.75, 3.05) is 19.0 Å². The van der Waals surface area contributed by atoms with Crippen LogP contribution in [0.15, 0.2) is 78.0 Å². The van der Waals surface area contributed by atoms with E-state index in [1.165, 1.54) is 18.1 Å². The Hall–Kier alpha value is -3.58. The van der Waals surface area contributed by atoms with E-state index in [0.29, 0.717) is 28.4 Å². The number of amides is 2. The quantitative estimate of drug-likeness (QED) is 0.483. The topological polar surface area (TPSA) is 63.2 Å². The second kappa shape index (κ2) is 10.4. The van der Waals surface area contributed by atoms with Crippen molar-refractivity contribution in [2.45, 2.75) is 19.1 Å². The summed E-state index contributed by atoms with van der Waals surface area (Å²) in [6.07, 6.45) is 0.142. The molecule has 8 heteroatoms. The van der Waals surface area contributed by atoms with E-state index in [4.69, 9.17) is 21.2 Å². The number of methoxy groups -OCH3 is 1. The van der Waals surface area contributed by atoms with Gasteiger partial charge in [0.25, 0.3) is 0 Å². The Balaban J connectivity index is 1.50. The van der Waals surface area contributed by atoms with Gasteiger partial charge in [-0.05, 0) is 35.9 Å². The number of ether oxygens (including phenoxy) is 1. The number of para-hydroxylation sites is 2. The molecule has 1 unspecified atom stereocenters. The van der Waals surface area contributed by atoms with Crippen LogP contribution in [0.5, 0.6) is 5.75 Å². The average Bonchev–Trinajstić information content (AvgIpc) is 3.29. The van der Waals surface area contributed by atoms with Crippen LogP contribution >= 0.6 is 11.6 Å². The third-order valence-electron chi connectivity index (χ3n) is 5.29. The molecule has 0 aromatic heterocycles. The molecule has 1 aliphatic rings. The van der Waals surface area contributed by atoms with E-state index in [-0.39, 0.29) is 25.0 Å². The average molecular weight is 468 g/mol. The summed E-state index contributed by atoms with van der Waals surface area (Å²) in [5, 5.41) is 7.68. The summed E-state index contributed by atoms with van der Waals surface area (Å²) in [5.41, 5.74) is 2.60. The van der Waals surface area contributed by atoms with Crippen LogP contribution in [0.1, 0.15) is 17.5 Å². The number of hydrogen-bond acceptors (Lipinski definition) is 4. The lowest BCUT2D eigenvalue weighted by Crippen LogP contribution is -2.40. The third kappa shape index (κ3) is 5.62. The van der Waals surface area contributed by atoms with Gasteiger partial charge >= 0.3 is 6.03 Å². The summed E-state index contributed by atoms with van der Waals surface area (Å²) in [6, 6.07) is 20.4. The summed E-state index contributed by atoms with van der Waals surface area (Å²) in [7, 11) is 1.53. The molecule has 33 heavy (non-hydrogen) atoms. The lowest BCUT2D eigenvalue weighted by Gasteiger charge is -2.26. The molecule has 0 bridgehead atoms. The standard InChI is InChI=1S/C25H23ClFN3O3/c1-32-24-9-5-4-8-22(24)28-25(31)30(15-18-6-2-3-7-21(18)27)16-20-14-23(29-33-20)17-10-12-19(26)13-11-17/h2-13,20H,14-16H2,1H3,(H,28,31). The van der Waals surface area contributed by atoms with E-state index < -0.39 is 6.03 Å². The van der Waals surface area contributed by atoms with Gasteiger partial charge in [-0.3, -0.25) is 0 Å². The summed E-state index contributed by atoms with van der Waals surface area (Å²) >= 11 is 5.97. The SMILES string of the molecule is COc1ccccc1NC(=O)N(Cc1ccccc1F)CC1CC(c2ccc(Cl)cc2)=NO1. The summed E-state index contributed by atoms with van der Waals surface area (Å²) in [6.45, 7) is 0.291. The first-order valence-electron chi connectivity index (χ1n) is 10.4. The smallest absolute Gasteiger partial charge is 0.322 e. The molecule has 3 aromatic carbocycles. The van der Waals surface area contributed by atoms with E-state index >= 15 is 0 Å². The van der Waals surface area contributed by atoms with Crippen LogP contribution in [0.25, 0.3) is 0 Å². The highest BCUT2D eigenvalue weighted by atomic mass is 35.5. The summed E-state index contributed by atoms with van der Waals surface area (Å²) < 4.78 is 19.7. The molecular weight excluding hydrogens is 445 g/mol. The van der Waals surface area contributed by atoms with Gasteiger partial charge in [0, 0.05) is 17.0 Å². The number of hydrogen-bond donors (Lipinski definition) is 1. The molecule has 0 radical (unpaired) electrons. The van der Waals surface area contributed by atoms with Crippen LogP contribution < -0.4 is 10.1 Å². The molecule has 4 rings (SSSR count). The highest BCUT2D eigenvalue weighted by Crippen LogP contribution is 2.25. The molecule has 6 nitrogen and oxygen atoms in total. The first kappa shape index (κ1) is 22.6. The molecule has 0 spiro atoms. The van der Waals surface area contributed by atoms with Crippen molar-refractivity contribution >= 4 is 29.0 Å². The van der Waals surface area contributed by atoms with Crippen molar-refractivity contribution in [2.24, 2.45) is 5.16 Å². The maximum Gasteiger partial charge on any atom is 0.322 e. The van der Waals surface area contributed by atoms with Gasteiger partial charge in [0.2, 0.25) is 0 Å². The van der Waals surface area contributed by atoms with E-state index in [9.17, 15) is 9.18 Å². The van der Waals surface area contributed by atoms with Gasteiger partial charge in [-0.1, -0.05) is 59.2 Å². The molecule has 1 atom stereocenters. The van der Waals surface area contributed by atoms with E-state index in [1.807, 2.05) is 18.2 Å². The lowest BCUT2D eigenvalue weighted by atomic mass is 10.0. The number of carbonyl (C=O) groups excluding carboxylic acids is 1. The Morgan fingerprint density at radius 1 is 1.15 bits per heavy atom. The summed E-state index contributed by atoms with van der Waals surface area (Å²) in [5.74, 6) is 0.153. The van der Waals surface area contributed by atoms with E-state index in [1.54, 1.807) is 48.5 Å². The van der Waals surface area contributed by atoms with Gasteiger partial charge in [0.05, 0.1) is 31.6 Å². The van der Waals surface area contributed by atoms with Crippen LogP contribution in [0.4, 0.5) is 14.9 Å². The number of nitrogens with one attached hydrogen (secondary N) is 1. The Kier molecular flexibility index (Phi) is 7.10. The second-order valence-electron chi connectivity index (χ2n) is 7.58. The zero-order chi connectivity index (χ0) is 23.2. The Morgan fingerprint density at radius 3 is 2.64 bits per heavy atom. The van der Waals surface area contributed by atoms with Gasteiger partial charge in [-0.2, -0.15) is 0 Å². The molecule has 1 N–H and O–H groups in total.